The third-order valence-corrected chi connectivity index (χ3v) is 5.39. The van der Waals surface area contributed by atoms with Gasteiger partial charge in [0.05, 0.1) is 18.2 Å². The van der Waals surface area contributed by atoms with Gasteiger partial charge >= 0.3 is 6.18 Å². The summed E-state index contributed by atoms with van der Waals surface area (Å²) in [5, 5.41) is 5.83. The van der Waals surface area contributed by atoms with E-state index in [0.29, 0.717) is 22.8 Å². The van der Waals surface area contributed by atoms with Gasteiger partial charge in [-0.1, -0.05) is 0 Å². The Hall–Kier alpha value is -2.92. The van der Waals surface area contributed by atoms with Gasteiger partial charge in [-0.15, -0.1) is 11.3 Å². The number of H-pyrrole nitrogens is 1. The molecule has 0 saturated carbocycles. The molecule has 7 nitrogen and oxygen atoms in total. The van der Waals surface area contributed by atoms with Gasteiger partial charge in [-0.05, 0) is 36.2 Å². The Morgan fingerprint density at radius 1 is 1.27 bits per heavy atom. The predicted octanol–water partition coefficient (Wildman–Crippen LogP) is 3.71. The molecule has 4 heterocycles. The number of morpholine rings is 1. The third-order valence-electron chi connectivity index (χ3n) is 4.61. The summed E-state index contributed by atoms with van der Waals surface area (Å²) in [5.41, 5.74) is 0.640. The van der Waals surface area contributed by atoms with E-state index in [1.54, 1.807) is 18.3 Å². The first-order chi connectivity index (χ1) is 14.3. The summed E-state index contributed by atoms with van der Waals surface area (Å²) in [6.07, 6.45) is -2.92. The molecule has 30 heavy (non-hydrogen) atoms. The SMILES string of the molecule is Cc1nc(Nc2cc(-c3cc(N4CCOCC4C(F)(F)F)[nH]c(=O)c3)ccn2)cs1. The molecule has 1 aliphatic rings. The Balaban J connectivity index is 1.66. The Bertz CT molecular complexity index is 1100. The van der Waals surface area contributed by atoms with E-state index in [-0.39, 0.29) is 19.0 Å². The van der Waals surface area contributed by atoms with Crippen LogP contribution in [0.25, 0.3) is 11.1 Å². The topological polar surface area (TPSA) is 83.1 Å². The molecule has 11 heteroatoms. The summed E-state index contributed by atoms with van der Waals surface area (Å²) < 4.78 is 45.3. The second-order valence-electron chi connectivity index (χ2n) is 6.75. The van der Waals surface area contributed by atoms with Gasteiger partial charge < -0.3 is 19.9 Å². The van der Waals surface area contributed by atoms with Gasteiger partial charge in [0.2, 0.25) is 5.56 Å². The van der Waals surface area contributed by atoms with Crippen molar-refractivity contribution in [3.8, 4) is 11.1 Å². The number of halogens is 3. The highest BCUT2D eigenvalue weighted by atomic mass is 32.1. The van der Waals surface area contributed by atoms with Gasteiger partial charge in [0.15, 0.2) is 0 Å². The number of aryl methyl sites for hydroxylation is 1. The first-order valence-corrected chi connectivity index (χ1v) is 9.98. The van der Waals surface area contributed by atoms with Crippen molar-refractivity contribution in [3.63, 3.8) is 0 Å². The number of rotatable bonds is 4. The molecule has 1 fully saturated rings. The number of pyridine rings is 2. The van der Waals surface area contributed by atoms with Crippen molar-refractivity contribution >= 4 is 28.8 Å². The van der Waals surface area contributed by atoms with E-state index >= 15 is 0 Å². The maximum absolute atomic E-state index is 13.4. The molecular formula is C19H18F3N5O2S. The fourth-order valence-corrected chi connectivity index (χ4v) is 3.79. The number of alkyl halides is 3. The van der Waals surface area contributed by atoms with Gasteiger partial charge in [-0.25, -0.2) is 9.97 Å². The largest absolute Gasteiger partial charge is 0.411 e. The highest BCUT2D eigenvalue weighted by molar-refractivity contribution is 7.09. The van der Waals surface area contributed by atoms with E-state index in [9.17, 15) is 18.0 Å². The van der Waals surface area contributed by atoms with E-state index in [4.69, 9.17) is 4.74 Å². The summed E-state index contributed by atoms with van der Waals surface area (Å²) in [7, 11) is 0. The highest BCUT2D eigenvalue weighted by Gasteiger charge is 2.45. The monoisotopic (exact) mass is 437 g/mol. The van der Waals surface area contributed by atoms with E-state index in [1.165, 1.54) is 23.5 Å². The van der Waals surface area contributed by atoms with Gasteiger partial charge in [0.1, 0.15) is 23.5 Å². The van der Waals surface area contributed by atoms with Crippen LogP contribution < -0.4 is 15.8 Å². The van der Waals surface area contributed by atoms with Crippen LogP contribution in [0, 0.1) is 6.92 Å². The zero-order valence-corrected chi connectivity index (χ0v) is 16.7. The normalized spacial score (nSPS) is 17.2. The van der Waals surface area contributed by atoms with Crippen LogP contribution >= 0.6 is 11.3 Å². The molecule has 0 radical (unpaired) electrons. The molecule has 158 valence electrons. The average molecular weight is 437 g/mol. The Morgan fingerprint density at radius 2 is 2.10 bits per heavy atom. The molecule has 1 aliphatic heterocycles. The number of thiazole rings is 1. The minimum absolute atomic E-state index is 0.0237. The van der Waals surface area contributed by atoms with Gasteiger partial charge in [0.25, 0.3) is 0 Å². The van der Waals surface area contributed by atoms with Gasteiger partial charge in [0, 0.05) is 24.2 Å². The van der Waals surface area contributed by atoms with E-state index < -0.39 is 24.4 Å². The van der Waals surface area contributed by atoms with Crippen LogP contribution in [0.3, 0.4) is 0 Å². The van der Waals surface area contributed by atoms with Crippen molar-refractivity contribution in [1.82, 2.24) is 15.0 Å². The smallest absolute Gasteiger partial charge is 0.377 e. The minimum atomic E-state index is -4.48. The van der Waals surface area contributed by atoms with Crippen molar-refractivity contribution in [2.24, 2.45) is 0 Å². The van der Waals surface area contributed by atoms with Gasteiger partial charge in [-0.3, -0.25) is 4.79 Å². The number of aromatic amines is 1. The van der Waals surface area contributed by atoms with Crippen molar-refractivity contribution in [1.29, 1.82) is 0 Å². The quantitative estimate of drug-likeness (QED) is 0.648. The number of anilines is 3. The molecule has 4 rings (SSSR count). The number of nitrogens with one attached hydrogen (secondary N) is 2. The van der Waals surface area contributed by atoms with E-state index in [1.807, 2.05) is 12.3 Å². The minimum Gasteiger partial charge on any atom is -0.377 e. The number of aromatic nitrogens is 3. The summed E-state index contributed by atoms with van der Waals surface area (Å²) in [5.74, 6) is 1.26. The number of hydrogen-bond donors (Lipinski definition) is 2. The summed E-state index contributed by atoms with van der Waals surface area (Å²) in [4.78, 5) is 24.4. The maximum atomic E-state index is 13.4. The predicted molar refractivity (Wildman–Crippen MR) is 108 cm³/mol. The molecule has 1 saturated heterocycles. The lowest BCUT2D eigenvalue weighted by atomic mass is 10.1. The van der Waals surface area contributed by atoms with Crippen LogP contribution in [0.2, 0.25) is 0 Å². The lowest BCUT2D eigenvalue weighted by molar-refractivity contribution is -0.167. The van der Waals surface area contributed by atoms with Crippen LogP contribution in [0.5, 0.6) is 0 Å². The molecule has 3 aromatic rings. The Labute approximate surface area is 173 Å². The van der Waals surface area contributed by atoms with Crippen molar-refractivity contribution in [2.45, 2.75) is 19.1 Å². The van der Waals surface area contributed by atoms with Crippen LogP contribution in [-0.4, -0.2) is 46.9 Å². The molecule has 0 spiro atoms. The fraction of sp³-hybridized carbons (Fsp3) is 0.316. The molecule has 2 N–H and O–H groups in total. The molecule has 0 aromatic carbocycles. The van der Waals surface area contributed by atoms with Crippen LogP contribution in [0.4, 0.5) is 30.6 Å². The molecule has 0 aliphatic carbocycles. The first-order valence-electron chi connectivity index (χ1n) is 9.10. The molecular weight excluding hydrogens is 419 g/mol. The maximum Gasteiger partial charge on any atom is 0.411 e. The standard InChI is InChI=1S/C19H18F3N5O2S/c1-11-24-16(10-30-11)25-15-6-12(2-3-23-15)13-7-17(26-18(28)8-13)27-4-5-29-9-14(27)19(20,21)22/h2-3,6-8,10,14H,4-5,9H2,1H3,(H,23,25)(H,26,28). The Kier molecular flexibility index (Phi) is 5.48. The molecule has 1 atom stereocenters. The van der Waals surface area contributed by atoms with Crippen LogP contribution in [-0.2, 0) is 4.74 Å². The fourth-order valence-electron chi connectivity index (χ4n) is 3.24. The van der Waals surface area contributed by atoms with E-state index in [2.05, 4.69) is 20.3 Å². The zero-order chi connectivity index (χ0) is 21.3. The van der Waals surface area contributed by atoms with E-state index in [0.717, 1.165) is 9.91 Å². The molecule has 0 amide bonds. The van der Waals surface area contributed by atoms with Gasteiger partial charge in [-0.2, -0.15) is 13.2 Å². The van der Waals surface area contributed by atoms with Crippen molar-refractivity contribution in [3.05, 3.63) is 51.2 Å². The lowest BCUT2D eigenvalue weighted by Crippen LogP contribution is -2.54. The average Bonchev–Trinajstić information content (AvgIpc) is 3.11. The van der Waals surface area contributed by atoms with Crippen LogP contribution in [0.1, 0.15) is 5.01 Å². The number of nitrogens with zero attached hydrogens (tertiary/aromatic N) is 3. The number of hydrogen-bond acceptors (Lipinski definition) is 7. The summed E-state index contributed by atoms with van der Waals surface area (Å²) in [6, 6.07) is 4.47. The number of ether oxygens (including phenoxy) is 1. The lowest BCUT2D eigenvalue weighted by Gasteiger charge is -2.37. The highest BCUT2D eigenvalue weighted by Crippen LogP contribution is 2.31. The second-order valence-corrected chi connectivity index (χ2v) is 7.81. The summed E-state index contributed by atoms with van der Waals surface area (Å²) >= 11 is 1.49. The summed E-state index contributed by atoms with van der Waals surface area (Å²) in [6.45, 7) is 1.58. The molecule has 0 bridgehead atoms. The van der Waals surface area contributed by atoms with Crippen molar-refractivity contribution < 1.29 is 17.9 Å². The van der Waals surface area contributed by atoms with Crippen LogP contribution in [0.15, 0.2) is 40.6 Å². The third kappa shape index (κ3) is 4.46. The molecule has 3 aromatic heterocycles. The Morgan fingerprint density at radius 3 is 2.83 bits per heavy atom. The zero-order valence-electron chi connectivity index (χ0n) is 15.9. The van der Waals surface area contributed by atoms with Crippen molar-refractivity contribution in [2.75, 3.05) is 30.0 Å². The second kappa shape index (κ2) is 8.07. The first kappa shape index (κ1) is 20.4. The molecule has 1 unspecified atom stereocenters.